The summed E-state index contributed by atoms with van der Waals surface area (Å²) in [6.45, 7) is 4.68. The van der Waals surface area contributed by atoms with E-state index in [4.69, 9.17) is 9.47 Å². The van der Waals surface area contributed by atoms with E-state index in [-0.39, 0.29) is 29.3 Å². The van der Waals surface area contributed by atoms with Crippen LogP contribution in [0.3, 0.4) is 0 Å². The Hall–Kier alpha value is -2.30. The lowest BCUT2D eigenvalue weighted by atomic mass is 10.1. The van der Waals surface area contributed by atoms with Crippen LogP contribution in [-0.4, -0.2) is 46.4 Å². The zero-order valence-electron chi connectivity index (χ0n) is 20.9. The smallest absolute Gasteiger partial charge is 0.315 e. The molecule has 10 heteroatoms. The Morgan fingerprint density at radius 1 is 1.22 bits per heavy atom. The molecule has 196 valence electrons. The highest BCUT2D eigenvalue weighted by Gasteiger charge is 2.52. The minimum atomic E-state index is -3.86. The van der Waals surface area contributed by atoms with Gasteiger partial charge in [0.15, 0.2) is 0 Å². The molecule has 0 bridgehead atoms. The van der Waals surface area contributed by atoms with Crippen LogP contribution in [0.2, 0.25) is 0 Å². The second-order valence-corrected chi connectivity index (χ2v) is 11.8. The highest BCUT2D eigenvalue weighted by atomic mass is 32.2. The number of benzene rings is 2. The Kier molecular flexibility index (Phi) is 8.16. The number of halogens is 1. The van der Waals surface area contributed by atoms with E-state index in [0.29, 0.717) is 49.5 Å². The maximum Gasteiger partial charge on any atom is 0.315 e. The van der Waals surface area contributed by atoms with Crippen molar-refractivity contribution >= 4 is 39.1 Å². The average Bonchev–Trinajstić information content (AvgIpc) is 3.66. The monoisotopic (exact) mass is 536 g/mol. The first-order valence-electron chi connectivity index (χ1n) is 12.3. The summed E-state index contributed by atoms with van der Waals surface area (Å²) in [5, 5.41) is 0. The number of sulfonamides is 1. The van der Waals surface area contributed by atoms with Gasteiger partial charge in [-0.3, -0.25) is 4.79 Å². The molecule has 2 aromatic rings. The Morgan fingerprint density at radius 3 is 2.56 bits per heavy atom. The number of rotatable bonds is 10. The Labute approximate surface area is 216 Å². The molecule has 0 saturated heterocycles. The van der Waals surface area contributed by atoms with Crippen molar-refractivity contribution in [2.24, 2.45) is 5.41 Å². The summed E-state index contributed by atoms with van der Waals surface area (Å²) in [5.74, 6) is -0.222. The molecule has 1 aliphatic heterocycles. The minimum absolute atomic E-state index is 0.0969. The average molecular weight is 537 g/mol. The SMILES string of the molecule is CCCCC1CN(c2ccc(F)cc2)c2cc(SC)c(OCC3(C(=O)OCC)CC3)cc2S(=O)(=O)N1. The number of nitrogens with one attached hydrogen (secondary N) is 1. The van der Waals surface area contributed by atoms with E-state index < -0.39 is 15.4 Å². The van der Waals surface area contributed by atoms with Crippen molar-refractivity contribution in [2.75, 3.05) is 30.9 Å². The van der Waals surface area contributed by atoms with Crippen LogP contribution in [0.4, 0.5) is 15.8 Å². The number of fused-ring (bicyclic) bond motifs is 1. The lowest BCUT2D eigenvalue weighted by molar-refractivity contribution is -0.150. The van der Waals surface area contributed by atoms with Crippen LogP contribution in [0.5, 0.6) is 5.75 Å². The molecule has 0 amide bonds. The summed E-state index contributed by atoms with van der Waals surface area (Å²) in [5.41, 5.74) is 0.551. The van der Waals surface area contributed by atoms with Gasteiger partial charge < -0.3 is 14.4 Å². The molecular weight excluding hydrogens is 503 g/mol. The molecule has 1 atom stereocenters. The molecule has 1 aliphatic carbocycles. The van der Waals surface area contributed by atoms with E-state index in [9.17, 15) is 17.6 Å². The van der Waals surface area contributed by atoms with Crippen LogP contribution in [0.15, 0.2) is 46.2 Å². The largest absolute Gasteiger partial charge is 0.491 e. The second-order valence-electron chi connectivity index (χ2n) is 9.31. The van der Waals surface area contributed by atoms with Crippen LogP contribution in [-0.2, 0) is 19.6 Å². The van der Waals surface area contributed by atoms with E-state index in [1.807, 2.05) is 17.2 Å². The fourth-order valence-corrected chi connectivity index (χ4v) is 6.41. The molecule has 0 spiro atoms. The predicted molar refractivity (Wildman–Crippen MR) is 139 cm³/mol. The van der Waals surface area contributed by atoms with Gasteiger partial charge in [-0.2, -0.15) is 0 Å². The highest BCUT2D eigenvalue weighted by Crippen LogP contribution is 2.48. The van der Waals surface area contributed by atoms with Crippen molar-refractivity contribution in [1.29, 1.82) is 0 Å². The number of unbranched alkanes of at least 4 members (excludes halogenated alkanes) is 1. The van der Waals surface area contributed by atoms with Crippen molar-refractivity contribution in [2.45, 2.75) is 61.8 Å². The van der Waals surface area contributed by atoms with Gasteiger partial charge in [0.25, 0.3) is 0 Å². The minimum Gasteiger partial charge on any atom is -0.491 e. The molecule has 1 fully saturated rings. The Morgan fingerprint density at radius 2 is 1.94 bits per heavy atom. The van der Waals surface area contributed by atoms with E-state index in [0.717, 1.165) is 17.7 Å². The van der Waals surface area contributed by atoms with Gasteiger partial charge in [0.1, 0.15) is 28.5 Å². The van der Waals surface area contributed by atoms with Gasteiger partial charge in [0, 0.05) is 24.3 Å². The normalized spacial score (nSPS) is 19.8. The Balaban J connectivity index is 1.74. The summed E-state index contributed by atoms with van der Waals surface area (Å²) < 4.78 is 54.9. The third-order valence-corrected chi connectivity index (χ3v) is 8.97. The molecular formula is C26H33FN2O5S2. The topological polar surface area (TPSA) is 84.9 Å². The number of anilines is 2. The Bertz CT molecular complexity index is 1200. The van der Waals surface area contributed by atoms with Gasteiger partial charge in [-0.05, 0) is 62.8 Å². The fraction of sp³-hybridized carbons (Fsp3) is 0.500. The van der Waals surface area contributed by atoms with Crippen LogP contribution in [0, 0.1) is 11.2 Å². The van der Waals surface area contributed by atoms with Gasteiger partial charge in [0.05, 0.1) is 17.2 Å². The second kappa shape index (κ2) is 11.0. The lowest BCUT2D eigenvalue weighted by Gasteiger charge is -2.28. The summed E-state index contributed by atoms with van der Waals surface area (Å²) in [6, 6.07) is 9.11. The van der Waals surface area contributed by atoms with Crippen molar-refractivity contribution in [3.05, 3.63) is 42.2 Å². The van der Waals surface area contributed by atoms with Crippen molar-refractivity contribution in [3.8, 4) is 5.75 Å². The first-order valence-corrected chi connectivity index (χ1v) is 15.0. The van der Waals surface area contributed by atoms with Crippen LogP contribution in [0.1, 0.15) is 46.0 Å². The third kappa shape index (κ3) is 5.65. The summed E-state index contributed by atoms with van der Waals surface area (Å²) >= 11 is 1.44. The number of nitrogens with zero attached hydrogens (tertiary/aromatic N) is 1. The quantitative estimate of drug-likeness (QED) is 0.328. The lowest BCUT2D eigenvalue weighted by Crippen LogP contribution is -2.39. The molecule has 1 heterocycles. The molecule has 0 radical (unpaired) electrons. The molecule has 2 aromatic carbocycles. The van der Waals surface area contributed by atoms with Gasteiger partial charge in [-0.25, -0.2) is 17.5 Å². The summed E-state index contributed by atoms with van der Waals surface area (Å²) in [4.78, 5) is 15.2. The molecule has 0 aromatic heterocycles. The van der Waals surface area contributed by atoms with E-state index in [1.54, 1.807) is 25.1 Å². The molecule has 4 rings (SSSR count). The first-order chi connectivity index (χ1) is 17.2. The molecule has 7 nitrogen and oxygen atoms in total. The van der Waals surface area contributed by atoms with Gasteiger partial charge in [-0.15, -0.1) is 11.8 Å². The van der Waals surface area contributed by atoms with E-state index >= 15 is 0 Å². The molecule has 1 saturated carbocycles. The number of hydrogen-bond acceptors (Lipinski definition) is 7. The zero-order valence-corrected chi connectivity index (χ0v) is 22.5. The third-order valence-electron chi connectivity index (χ3n) is 6.66. The van der Waals surface area contributed by atoms with E-state index in [1.165, 1.54) is 23.9 Å². The number of carbonyl (C=O) groups excluding carboxylic acids is 1. The van der Waals surface area contributed by atoms with Crippen LogP contribution < -0.4 is 14.4 Å². The first kappa shape index (κ1) is 26.8. The van der Waals surface area contributed by atoms with E-state index in [2.05, 4.69) is 11.6 Å². The van der Waals surface area contributed by atoms with Crippen LogP contribution in [0.25, 0.3) is 0 Å². The molecule has 36 heavy (non-hydrogen) atoms. The van der Waals surface area contributed by atoms with Crippen molar-refractivity contribution in [3.63, 3.8) is 0 Å². The summed E-state index contributed by atoms with van der Waals surface area (Å²) in [7, 11) is -3.86. The maximum absolute atomic E-state index is 13.7. The highest BCUT2D eigenvalue weighted by molar-refractivity contribution is 7.98. The van der Waals surface area contributed by atoms with Crippen LogP contribution >= 0.6 is 11.8 Å². The summed E-state index contributed by atoms with van der Waals surface area (Å²) in [6.07, 6.45) is 5.76. The van der Waals surface area contributed by atoms with Crippen molar-refractivity contribution in [1.82, 2.24) is 4.72 Å². The molecule has 2 aliphatic rings. The number of carbonyl (C=O) groups is 1. The van der Waals surface area contributed by atoms with Gasteiger partial charge >= 0.3 is 5.97 Å². The number of hydrogen-bond donors (Lipinski definition) is 1. The predicted octanol–water partition coefficient (Wildman–Crippen LogP) is 5.26. The maximum atomic E-state index is 13.7. The zero-order chi connectivity index (χ0) is 25.9. The van der Waals surface area contributed by atoms with Crippen molar-refractivity contribution < 1.29 is 27.1 Å². The molecule has 1 N–H and O–H groups in total. The standard InChI is InChI=1S/C26H33FN2O5S2/c1-4-6-7-19-16-29(20-10-8-18(27)9-11-20)21-14-23(35-3)22(15-24(21)36(31,32)28-19)34-17-26(12-13-26)25(30)33-5-2/h8-11,14-15,19,28H,4-7,12-13,16-17H2,1-3H3. The van der Waals surface area contributed by atoms with Gasteiger partial charge in [0.2, 0.25) is 10.0 Å². The number of ether oxygens (including phenoxy) is 2. The molecule has 1 unspecified atom stereocenters. The number of esters is 1. The van der Waals surface area contributed by atoms with Gasteiger partial charge in [-0.1, -0.05) is 19.8 Å². The number of thioether (sulfide) groups is 1. The fourth-order valence-electron chi connectivity index (χ4n) is 4.39.